The Bertz CT molecular complexity index is 564. The Kier molecular flexibility index (Phi) is 4.17. The predicted molar refractivity (Wildman–Crippen MR) is 67.4 cm³/mol. The zero-order valence-corrected chi connectivity index (χ0v) is 11.5. The van der Waals surface area contributed by atoms with Crippen molar-refractivity contribution in [1.29, 1.82) is 0 Å². The van der Waals surface area contributed by atoms with E-state index in [9.17, 15) is 22.4 Å². The minimum atomic E-state index is -4.82. The Morgan fingerprint density at radius 3 is 2.57 bits per heavy atom. The van der Waals surface area contributed by atoms with Gasteiger partial charge < -0.3 is 5.11 Å². The van der Waals surface area contributed by atoms with E-state index in [-0.39, 0.29) is 18.1 Å². The zero-order valence-electron chi connectivity index (χ0n) is 10.8. The summed E-state index contributed by atoms with van der Waals surface area (Å²) < 4.78 is 52.3. The number of carboxylic acid groups (broad SMARTS) is 1. The van der Waals surface area contributed by atoms with Crippen molar-refractivity contribution < 1.29 is 27.5 Å². The monoisotopic (exact) mass is 325 g/mol. The summed E-state index contributed by atoms with van der Waals surface area (Å²) in [5, 5.41) is 8.87. The molecule has 116 valence electrons. The molecule has 1 aliphatic heterocycles. The lowest BCUT2D eigenvalue weighted by Gasteiger charge is -2.27. The van der Waals surface area contributed by atoms with Gasteiger partial charge in [-0.1, -0.05) is 17.7 Å². The molecule has 1 atom stereocenters. The first-order chi connectivity index (χ1) is 9.65. The summed E-state index contributed by atoms with van der Waals surface area (Å²) >= 11 is 5.53. The molecule has 1 N–H and O–H groups in total. The average Bonchev–Trinajstić information content (AvgIpc) is 2.79. The number of hydrogen-bond donors (Lipinski definition) is 1. The molecule has 1 fully saturated rings. The van der Waals surface area contributed by atoms with Gasteiger partial charge in [0.2, 0.25) is 0 Å². The number of likely N-dealkylation sites (tertiary alicyclic amines) is 1. The molecule has 1 aromatic rings. The lowest BCUT2D eigenvalue weighted by Crippen LogP contribution is -2.47. The van der Waals surface area contributed by atoms with Crippen molar-refractivity contribution in [2.75, 3.05) is 13.1 Å². The molecule has 1 aliphatic rings. The van der Waals surface area contributed by atoms with E-state index < -0.39 is 36.3 Å². The summed E-state index contributed by atoms with van der Waals surface area (Å²) in [7, 11) is 0. The fraction of sp³-hybridized carbons (Fsp3) is 0.462. The number of nitrogens with zero attached hydrogens (tertiary/aromatic N) is 1. The number of hydrogen-bond acceptors (Lipinski definition) is 2. The summed E-state index contributed by atoms with van der Waals surface area (Å²) in [4.78, 5) is 12.4. The van der Waals surface area contributed by atoms with Gasteiger partial charge in [-0.15, -0.1) is 0 Å². The number of carbonyl (C=O) groups is 1. The molecule has 0 spiro atoms. The molecule has 0 radical (unpaired) electrons. The van der Waals surface area contributed by atoms with E-state index in [4.69, 9.17) is 16.7 Å². The summed E-state index contributed by atoms with van der Waals surface area (Å²) in [6.07, 6.45) is -5.33. The van der Waals surface area contributed by atoms with E-state index in [2.05, 4.69) is 0 Å². The van der Waals surface area contributed by atoms with Crippen LogP contribution in [-0.2, 0) is 11.3 Å². The number of aliphatic carboxylic acids is 1. The summed E-state index contributed by atoms with van der Waals surface area (Å²) in [6, 6.07) is 3.95. The average molecular weight is 326 g/mol. The molecule has 1 aromatic carbocycles. The van der Waals surface area contributed by atoms with E-state index in [0.29, 0.717) is 5.56 Å². The Hall–Kier alpha value is -1.34. The van der Waals surface area contributed by atoms with E-state index in [1.54, 1.807) is 0 Å². The molecule has 0 aliphatic carbocycles. The summed E-state index contributed by atoms with van der Waals surface area (Å²) in [5.74, 6) is -2.53. The number of halogens is 5. The van der Waals surface area contributed by atoms with Crippen LogP contribution in [0.3, 0.4) is 0 Å². The van der Waals surface area contributed by atoms with Gasteiger partial charge in [-0.25, -0.2) is 4.39 Å². The highest BCUT2D eigenvalue weighted by atomic mass is 35.5. The van der Waals surface area contributed by atoms with Crippen LogP contribution in [0.2, 0.25) is 5.02 Å². The fourth-order valence-electron chi connectivity index (χ4n) is 2.45. The molecule has 3 nitrogen and oxygen atoms in total. The highest BCUT2D eigenvalue weighted by molar-refractivity contribution is 6.30. The highest BCUT2D eigenvalue weighted by Crippen LogP contribution is 2.46. The van der Waals surface area contributed by atoms with Gasteiger partial charge in [0.05, 0.1) is 5.02 Å². The van der Waals surface area contributed by atoms with E-state index in [1.807, 2.05) is 0 Å². The number of carboxylic acids is 1. The van der Waals surface area contributed by atoms with Crippen LogP contribution in [0.1, 0.15) is 12.0 Å². The minimum Gasteiger partial charge on any atom is -0.481 e. The van der Waals surface area contributed by atoms with Gasteiger partial charge in [0.15, 0.2) is 5.41 Å². The second-order valence-corrected chi connectivity index (χ2v) is 5.50. The van der Waals surface area contributed by atoms with E-state index in [0.717, 1.165) is 6.07 Å². The maximum atomic E-state index is 13.3. The third kappa shape index (κ3) is 2.98. The predicted octanol–water partition coefficient (Wildman–Crippen LogP) is 3.32. The van der Waals surface area contributed by atoms with Crippen LogP contribution < -0.4 is 0 Å². The molecule has 1 unspecified atom stereocenters. The molecular weight excluding hydrogens is 314 g/mol. The van der Waals surface area contributed by atoms with Crippen LogP contribution in [0.4, 0.5) is 17.6 Å². The number of benzene rings is 1. The van der Waals surface area contributed by atoms with Crippen LogP contribution in [-0.4, -0.2) is 35.2 Å². The van der Waals surface area contributed by atoms with Gasteiger partial charge in [0.25, 0.3) is 0 Å². The molecule has 8 heteroatoms. The van der Waals surface area contributed by atoms with Crippen molar-refractivity contribution in [3.63, 3.8) is 0 Å². The van der Waals surface area contributed by atoms with Gasteiger partial charge in [0.1, 0.15) is 5.82 Å². The molecule has 2 rings (SSSR count). The molecule has 0 bridgehead atoms. The van der Waals surface area contributed by atoms with Crippen molar-refractivity contribution >= 4 is 17.6 Å². The van der Waals surface area contributed by atoms with Crippen molar-refractivity contribution in [1.82, 2.24) is 4.90 Å². The Labute approximate surface area is 123 Å². The molecule has 0 aromatic heterocycles. The molecule has 0 saturated carbocycles. The fourth-order valence-corrected chi connectivity index (χ4v) is 2.56. The first kappa shape index (κ1) is 16.0. The van der Waals surface area contributed by atoms with E-state index >= 15 is 0 Å². The Morgan fingerprint density at radius 1 is 1.43 bits per heavy atom. The topological polar surface area (TPSA) is 40.5 Å². The maximum absolute atomic E-state index is 13.3. The van der Waals surface area contributed by atoms with Gasteiger partial charge in [-0.05, 0) is 24.1 Å². The minimum absolute atomic E-state index is 0.0178. The quantitative estimate of drug-likeness (QED) is 0.867. The van der Waals surface area contributed by atoms with Crippen LogP contribution in [0, 0.1) is 11.2 Å². The van der Waals surface area contributed by atoms with Gasteiger partial charge in [0, 0.05) is 19.6 Å². The largest absolute Gasteiger partial charge is 0.481 e. The van der Waals surface area contributed by atoms with Crippen LogP contribution in [0.15, 0.2) is 18.2 Å². The maximum Gasteiger partial charge on any atom is 0.406 e. The van der Waals surface area contributed by atoms with Crippen LogP contribution >= 0.6 is 11.6 Å². The van der Waals surface area contributed by atoms with Crippen molar-refractivity contribution in [3.8, 4) is 0 Å². The lowest BCUT2D eigenvalue weighted by atomic mass is 9.86. The smallest absolute Gasteiger partial charge is 0.406 e. The molecule has 1 saturated heterocycles. The standard InChI is InChI=1S/C13H12ClF4NO2/c14-9-2-1-8(5-10(9)15)6-19-4-3-12(7-19,11(20)21)13(16,17)18/h1-2,5H,3-4,6-7H2,(H,20,21). The second kappa shape index (κ2) is 5.46. The van der Waals surface area contributed by atoms with Crippen LogP contribution in [0.25, 0.3) is 0 Å². The first-order valence-corrected chi connectivity index (χ1v) is 6.50. The molecule has 0 amide bonds. The highest BCUT2D eigenvalue weighted by Gasteiger charge is 2.63. The molecule has 1 heterocycles. The van der Waals surface area contributed by atoms with Gasteiger partial charge in [-0.3, -0.25) is 9.69 Å². The van der Waals surface area contributed by atoms with E-state index in [1.165, 1.54) is 17.0 Å². The Morgan fingerprint density at radius 2 is 2.10 bits per heavy atom. The Balaban J connectivity index is 2.14. The summed E-state index contributed by atoms with van der Waals surface area (Å²) in [6.45, 7) is -0.620. The van der Waals surface area contributed by atoms with Crippen molar-refractivity contribution in [2.24, 2.45) is 5.41 Å². The van der Waals surface area contributed by atoms with Crippen LogP contribution in [0.5, 0.6) is 0 Å². The third-order valence-corrected chi connectivity index (χ3v) is 4.00. The third-order valence-electron chi connectivity index (χ3n) is 3.69. The van der Waals surface area contributed by atoms with Gasteiger partial charge in [-0.2, -0.15) is 13.2 Å². The summed E-state index contributed by atoms with van der Waals surface area (Å²) in [5.41, 5.74) is -2.31. The second-order valence-electron chi connectivity index (χ2n) is 5.09. The van der Waals surface area contributed by atoms with Crippen molar-refractivity contribution in [2.45, 2.75) is 19.1 Å². The lowest BCUT2D eigenvalue weighted by molar-refractivity contribution is -0.227. The SMILES string of the molecule is O=C(O)C1(C(F)(F)F)CCN(Cc2ccc(Cl)c(F)c2)C1. The van der Waals surface area contributed by atoms with Gasteiger partial charge >= 0.3 is 12.1 Å². The number of alkyl halides is 3. The van der Waals surface area contributed by atoms with Crippen molar-refractivity contribution in [3.05, 3.63) is 34.6 Å². The normalized spacial score (nSPS) is 23.5. The molecular formula is C13H12ClF4NO2. The number of rotatable bonds is 3. The zero-order chi connectivity index (χ0) is 15.8. The first-order valence-electron chi connectivity index (χ1n) is 6.12. The molecule has 21 heavy (non-hydrogen) atoms.